The number of halogens is 1. The zero-order chi connectivity index (χ0) is 21.8. The maximum absolute atomic E-state index is 13.4. The second-order valence-corrected chi connectivity index (χ2v) is 9.86. The molecule has 2 unspecified atom stereocenters. The van der Waals surface area contributed by atoms with Crippen molar-refractivity contribution in [2.75, 3.05) is 6.54 Å². The molecule has 1 N–H and O–H groups in total. The lowest BCUT2D eigenvalue weighted by Gasteiger charge is -2.43. The highest BCUT2D eigenvalue weighted by molar-refractivity contribution is 8.04. The van der Waals surface area contributed by atoms with Crippen LogP contribution in [0.25, 0.3) is 6.08 Å². The van der Waals surface area contributed by atoms with Gasteiger partial charge < -0.3 is 10.2 Å². The van der Waals surface area contributed by atoms with Crippen LogP contribution in [0.1, 0.15) is 42.4 Å². The van der Waals surface area contributed by atoms with Gasteiger partial charge in [0, 0.05) is 22.9 Å². The number of hydrogen-bond donors (Lipinski definition) is 1. The van der Waals surface area contributed by atoms with Gasteiger partial charge in [0.25, 0.3) is 5.91 Å². The SMILES string of the molecule is Cc1ccccc1/C=C1\SC2CCCCC2N(CC(=O)NCc2ccccc2Cl)C1=O. The summed E-state index contributed by atoms with van der Waals surface area (Å²) >= 11 is 7.89. The minimum absolute atomic E-state index is 0.0377. The van der Waals surface area contributed by atoms with Gasteiger partial charge in [0.05, 0.1) is 4.91 Å². The van der Waals surface area contributed by atoms with Crippen molar-refractivity contribution in [1.29, 1.82) is 0 Å². The molecule has 4 rings (SSSR count). The van der Waals surface area contributed by atoms with Crippen LogP contribution in [0, 0.1) is 6.92 Å². The van der Waals surface area contributed by atoms with Crippen molar-refractivity contribution in [2.24, 2.45) is 0 Å². The first-order valence-corrected chi connectivity index (χ1v) is 12.0. The van der Waals surface area contributed by atoms with Crippen LogP contribution < -0.4 is 5.32 Å². The zero-order valence-corrected chi connectivity index (χ0v) is 19.2. The highest BCUT2D eigenvalue weighted by Crippen LogP contribution is 2.42. The molecular formula is C25H27ClN2O2S. The molecule has 2 atom stereocenters. The number of aryl methyl sites for hydroxylation is 1. The minimum atomic E-state index is -0.153. The fourth-order valence-electron chi connectivity index (χ4n) is 4.30. The summed E-state index contributed by atoms with van der Waals surface area (Å²) in [6.45, 7) is 2.49. The third-order valence-corrected chi connectivity index (χ3v) is 7.81. The summed E-state index contributed by atoms with van der Waals surface area (Å²) in [6.07, 6.45) is 6.29. The van der Waals surface area contributed by atoms with Crippen LogP contribution in [0.4, 0.5) is 0 Å². The first-order chi connectivity index (χ1) is 15.0. The van der Waals surface area contributed by atoms with E-state index >= 15 is 0 Å². The molecule has 1 heterocycles. The number of nitrogens with zero attached hydrogens (tertiary/aromatic N) is 1. The molecule has 4 nitrogen and oxygen atoms in total. The minimum Gasteiger partial charge on any atom is -0.350 e. The number of thioether (sulfide) groups is 1. The molecule has 2 aromatic rings. The summed E-state index contributed by atoms with van der Waals surface area (Å²) in [4.78, 5) is 28.7. The number of rotatable bonds is 5. The molecule has 31 heavy (non-hydrogen) atoms. The fourth-order valence-corrected chi connectivity index (χ4v) is 5.96. The molecule has 2 aromatic carbocycles. The van der Waals surface area contributed by atoms with E-state index < -0.39 is 0 Å². The van der Waals surface area contributed by atoms with E-state index in [0.29, 0.717) is 16.8 Å². The van der Waals surface area contributed by atoms with Crippen molar-refractivity contribution < 1.29 is 9.59 Å². The normalized spacial score (nSPS) is 22.3. The Hall–Kier alpha value is -2.24. The van der Waals surface area contributed by atoms with Gasteiger partial charge >= 0.3 is 0 Å². The van der Waals surface area contributed by atoms with Crippen molar-refractivity contribution >= 4 is 41.3 Å². The lowest BCUT2D eigenvalue weighted by atomic mass is 9.93. The summed E-state index contributed by atoms with van der Waals surface area (Å²) in [5, 5.41) is 3.91. The summed E-state index contributed by atoms with van der Waals surface area (Å²) in [5.74, 6) is -0.191. The predicted molar refractivity (Wildman–Crippen MR) is 128 cm³/mol. The van der Waals surface area contributed by atoms with Gasteiger partial charge in [-0.1, -0.05) is 66.9 Å². The number of amides is 2. The maximum Gasteiger partial charge on any atom is 0.261 e. The number of nitrogens with one attached hydrogen (secondary N) is 1. The van der Waals surface area contributed by atoms with E-state index in [1.807, 2.05) is 61.5 Å². The van der Waals surface area contributed by atoms with Crippen LogP contribution in [0.3, 0.4) is 0 Å². The van der Waals surface area contributed by atoms with E-state index in [-0.39, 0.29) is 24.4 Å². The fraction of sp³-hybridized carbons (Fsp3) is 0.360. The Morgan fingerprint density at radius 2 is 1.90 bits per heavy atom. The number of carbonyl (C=O) groups excluding carboxylic acids is 2. The van der Waals surface area contributed by atoms with Gasteiger partial charge in [0.2, 0.25) is 5.91 Å². The summed E-state index contributed by atoms with van der Waals surface area (Å²) in [6, 6.07) is 15.6. The molecule has 162 valence electrons. The second kappa shape index (κ2) is 9.92. The maximum atomic E-state index is 13.4. The lowest BCUT2D eigenvalue weighted by molar-refractivity contribution is -0.135. The molecule has 1 saturated heterocycles. The molecule has 0 aromatic heterocycles. The number of hydrogen-bond acceptors (Lipinski definition) is 3. The van der Waals surface area contributed by atoms with Gasteiger partial charge in [-0.25, -0.2) is 0 Å². The van der Waals surface area contributed by atoms with E-state index in [1.54, 1.807) is 16.7 Å². The van der Waals surface area contributed by atoms with Crippen molar-refractivity contribution in [1.82, 2.24) is 10.2 Å². The first kappa shape index (κ1) is 22.0. The van der Waals surface area contributed by atoms with Gasteiger partial charge in [-0.2, -0.15) is 0 Å². The van der Waals surface area contributed by atoms with Crippen molar-refractivity contribution in [3.63, 3.8) is 0 Å². The van der Waals surface area contributed by atoms with E-state index in [0.717, 1.165) is 40.9 Å². The molecule has 1 aliphatic heterocycles. The first-order valence-electron chi connectivity index (χ1n) is 10.8. The molecular weight excluding hydrogens is 428 g/mol. The third-order valence-electron chi connectivity index (χ3n) is 6.04. The number of fused-ring (bicyclic) bond motifs is 1. The van der Waals surface area contributed by atoms with E-state index in [1.165, 1.54) is 6.42 Å². The Bertz CT molecular complexity index is 1010. The van der Waals surface area contributed by atoms with Crippen LogP contribution in [0.5, 0.6) is 0 Å². The van der Waals surface area contributed by atoms with E-state index in [9.17, 15) is 9.59 Å². The highest BCUT2D eigenvalue weighted by Gasteiger charge is 2.41. The Morgan fingerprint density at radius 1 is 1.16 bits per heavy atom. The van der Waals surface area contributed by atoms with Gasteiger partial charge in [0.15, 0.2) is 0 Å². The predicted octanol–water partition coefficient (Wildman–Crippen LogP) is 5.19. The summed E-state index contributed by atoms with van der Waals surface area (Å²) in [7, 11) is 0. The van der Waals surface area contributed by atoms with Crippen LogP contribution in [-0.4, -0.2) is 34.6 Å². The number of benzene rings is 2. The molecule has 0 radical (unpaired) electrons. The highest BCUT2D eigenvalue weighted by atomic mass is 35.5. The van der Waals surface area contributed by atoms with Crippen LogP contribution in [-0.2, 0) is 16.1 Å². The smallest absolute Gasteiger partial charge is 0.261 e. The van der Waals surface area contributed by atoms with Crippen LogP contribution in [0.15, 0.2) is 53.4 Å². The Balaban J connectivity index is 1.51. The van der Waals surface area contributed by atoms with Crippen molar-refractivity contribution in [3.8, 4) is 0 Å². The Labute approximate surface area is 193 Å². The van der Waals surface area contributed by atoms with E-state index in [4.69, 9.17) is 11.6 Å². The molecule has 0 bridgehead atoms. The molecule has 0 spiro atoms. The molecule has 2 amide bonds. The summed E-state index contributed by atoms with van der Waals surface area (Å²) in [5.41, 5.74) is 3.06. The topological polar surface area (TPSA) is 49.4 Å². The molecule has 1 saturated carbocycles. The van der Waals surface area contributed by atoms with Crippen molar-refractivity contribution in [2.45, 2.75) is 50.4 Å². The van der Waals surface area contributed by atoms with Crippen molar-refractivity contribution in [3.05, 3.63) is 75.1 Å². The molecule has 6 heteroatoms. The molecule has 2 aliphatic rings. The third kappa shape index (κ3) is 5.16. The average molecular weight is 455 g/mol. The van der Waals surface area contributed by atoms with Gasteiger partial charge in [-0.05, 0) is 48.6 Å². The van der Waals surface area contributed by atoms with Crippen LogP contribution >= 0.6 is 23.4 Å². The standard InChI is InChI=1S/C25H27ClN2O2S/c1-17-8-2-3-9-18(17)14-23-25(30)28(21-12-6-7-13-22(21)31-23)16-24(29)27-15-19-10-4-5-11-20(19)26/h2-5,8-11,14,21-22H,6-7,12-13,15-16H2,1H3,(H,27,29)/b23-14-. The van der Waals surface area contributed by atoms with Crippen LogP contribution in [0.2, 0.25) is 5.02 Å². The largest absolute Gasteiger partial charge is 0.350 e. The molecule has 1 aliphatic carbocycles. The second-order valence-electron chi connectivity index (χ2n) is 8.17. The average Bonchev–Trinajstić information content (AvgIpc) is 2.77. The molecule has 2 fully saturated rings. The van der Waals surface area contributed by atoms with E-state index in [2.05, 4.69) is 5.32 Å². The number of carbonyl (C=O) groups is 2. The lowest BCUT2D eigenvalue weighted by Crippen LogP contribution is -2.54. The van der Waals surface area contributed by atoms with Gasteiger partial charge in [-0.3, -0.25) is 9.59 Å². The van der Waals surface area contributed by atoms with Gasteiger partial charge in [0.1, 0.15) is 6.54 Å². The summed E-state index contributed by atoms with van der Waals surface area (Å²) < 4.78 is 0. The van der Waals surface area contributed by atoms with Gasteiger partial charge in [-0.15, -0.1) is 11.8 Å². The Morgan fingerprint density at radius 3 is 2.71 bits per heavy atom. The zero-order valence-electron chi connectivity index (χ0n) is 17.6. The Kier molecular flexibility index (Phi) is 7.03. The monoisotopic (exact) mass is 454 g/mol. The quantitative estimate of drug-likeness (QED) is 0.632.